The van der Waals surface area contributed by atoms with Crippen molar-refractivity contribution in [1.82, 2.24) is 14.8 Å². The summed E-state index contributed by atoms with van der Waals surface area (Å²) in [6.07, 6.45) is -3.26. The second kappa shape index (κ2) is 9.98. The number of benzene rings is 4. The van der Waals surface area contributed by atoms with Crippen molar-refractivity contribution in [3.05, 3.63) is 115 Å². The molecular weight excluding hydrogens is 479 g/mol. The maximum absolute atomic E-state index is 12.3. The molecule has 37 heavy (non-hydrogen) atoms. The zero-order chi connectivity index (χ0) is 25.8. The van der Waals surface area contributed by atoms with Crippen molar-refractivity contribution in [2.75, 3.05) is 0 Å². The van der Waals surface area contributed by atoms with Crippen LogP contribution in [0.1, 0.15) is 5.56 Å². The number of halogens is 3. The number of amidine groups is 1. The summed E-state index contributed by atoms with van der Waals surface area (Å²) in [5, 5.41) is 4.41. The lowest BCUT2D eigenvalue weighted by Gasteiger charge is -2.09. The van der Waals surface area contributed by atoms with E-state index in [9.17, 15) is 13.2 Å². The van der Waals surface area contributed by atoms with Gasteiger partial charge in [-0.3, -0.25) is 0 Å². The SMILES string of the molecule is NC(=Nc1ccc(-c2ncn(-c3ccc(OC(F)(F)F)cc3)n2)cc1)c1ccc(-c2ccccc2)cc1. The van der Waals surface area contributed by atoms with E-state index in [-0.39, 0.29) is 5.75 Å². The van der Waals surface area contributed by atoms with E-state index in [1.807, 2.05) is 66.7 Å². The Labute approximate surface area is 210 Å². The van der Waals surface area contributed by atoms with Gasteiger partial charge >= 0.3 is 6.36 Å². The first-order chi connectivity index (χ1) is 17.8. The van der Waals surface area contributed by atoms with Crippen LogP contribution in [-0.2, 0) is 0 Å². The molecule has 0 bridgehead atoms. The molecule has 0 aliphatic carbocycles. The van der Waals surface area contributed by atoms with Gasteiger partial charge in [0, 0.05) is 11.1 Å². The Balaban J connectivity index is 1.27. The van der Waals surface area contributed by atoms with Crippen LogP contribution in [0, 0.1) is 0 Å². The molecule has 0 aliphatic heterocycles. The molecule has 0 spiro atoms. The highest BCUT2D eigenvalue weighted by Crippen LogP contribution is 2.25. The molecular formula is C28H20F3N5O. The van der Waals surface area contributed by atoms with Crippen molar-refractivity contribution in [1.29, 1.82) is 0 Å². The number of nitrogens with zero attached hydrogens (tertiary/aromatic N) is 4. The standard InChI is InChI=1S/C28H20F3N5O/c29-28(30,31)37-25-16-14-24(15-17-25)36-18-33-27(35-36)22-10-12-23(13-11-22)34-26(32)21-8-6-20(7-9-21)19-4-2-1-3-5-19/h1-18H,(H2,32,34). The Morgan fingerprint density at radius 1 is 0.757 bits per heavy atom. The maximum atomic E-state index is 12.3. The van der Waals surface area contributed by atoms with Gasteiger partial charge in [-0.2, -0.15) is 0 Å². The van der Waals surface area contributed by atoms with E-state index < -0.39 is 6.36 Å². The second-order valence-electron chi connectivity index (χ2n) is 8.04. The Morgan fingerprint density at radius 3 is 2.03 bits per heavy atom. The van der Waals surface area contributed by atoms with Crippen molar-refractivity contribution in [3.63, 3.8) is 0 Å². The molecule has 4 aromatic carbocycles. The average molecular weight is 499 g/mol. The zero-order valence-corrected chi connectivity index (χ0v) is 19.3. The molecule has 0 aliphatic rings. The van der Waals surface area contributed by atoms with E-state index >= 15 is 0 Å². The van der Waals surface area contributed by atoms with Gasteiger partial charge in [-0.05, 0) is 59.7 Å². The van der Waals surface area contributed by atoms with E-state index in [1.165, 1.54) is 35.3 Å². The van der Waals surface area contributed by atoms with Gasteiger partial charge < -0.3 is 10.5 Å². The number of hydrogen-bond acceptors (Lipinski definition) is 4. The van der Waals surface area contributed by atoms with Crippen molar-refractivity contribution in [2.45, 2.75) is 6.36 Å². The highest BCUT2D eigenvalue weighted by Gasteiger charge is 2.31. The van der Waals surface area contributed by atoms with E-state index in [2.05, 4.69) is 31.9 Å². The first-order valence-corrected chi connectivity index (χ1v) is 11.2. The number of aromatic nitrogens is 3. The van der Waals surface area contributed by atoms with Crippen molar-refractivity contribution < 1.29 is 17.9 Å². The lowest BCUT2D eigenvalue weighted by atomic mass is 10.0. The summed E-state index contributed by atoms with van der Waals surface area (Å²) < 4.78 is 42.4. The van der Waals surface area contributed by atoms with Gasteiger partial charge in [0.05, 0.1) is 11.4 Å². The predicted octanol–water partition coefficient (Wildman–Crippen LogP) is 6.54. The molecule has 0 amide bonds. The minimum atomic E-state index is -4.74. The highest BCUT2D eigenvalue weighted by molar-refractivity contribution is 5.99. The van der Waals surface area contributed by atoms with Crippen molar-refractivity contribution in [3.8, 4) is 34.0 Å². The van der Waals surface area contributed by atoms with Gasteiger partial charge in [-0.25, -0.2) is 14.7 Å². The molecule has 2 N–H and O–H groups in total. The van der Waals surface area contributed by atoms with Crippen molar-refractivity contribution >= 4 is 11.5 Å². The van der Waals surface area contributed by atoms with Crippen LogP contribution in [0.3, 0.4) is 0 Å². The summed E-state index contributed by atoms with van der Waals surface area (Å²) in [5.74, 6) is 0.544. The minimum absolute atomic E-state index is 0.306. The van der Waals surface area contributed by atoms with E-state index in [4.69, 9.17) is 5.73 Å². The zero-order valence-electron chi connectivity index (χ0n) is 19.3. The first kappa shape index (κ1) is 23.8. The maximum Gasteiger partial charge on any atom is 0.573 e. The van der Waals surface area contributed by atoms with Gasteiger partial charge in [-0.1, -0.05) is 54.6 Å². The lowest BCUT2D eigenvalue weighted by molar-refractivity contribution is -0.274. The summed E-state index contributed by atoms with van der Waals surface area (Å²) in [7, 11) is 0. The van der Waals surface area contributed by atoms with Gasteiger partial charge in [0.25, 0.3) is 0 Å². The molecule has 184 valence electrons. The summed E-state index contributed by atoms with van der Waals surface area (Å²) in [6, 6.07) is 30.6. The molecule has 1 heterocycles. The topological polar surface area (TPSA) is 78.3 Å². The van der Waals surface area contributed by atoms with Crippen LogP contribution in [0.5, 0.6) is 5.75 Å². The van der Waals surface area contributed by atoms with Crippen molar-refractivity contribution in [2.24, 2.45) is 10.7 Å². The third kappa shape index (κ3) is 5.84. The summed E-state index contributed by atoms with van der Waals surface area (Å²) in [5.41, 5.74) is 11.2. The molecule has 0 fully saturated rings. The number of ether oxygens (including phenoxy) is 1. The van der Waals surface area contributed by atoms with E-state index in [1.54, 1.807) is 0 Å². The van der Waals surface area contributed by atoms with Gasteiger partial charge in [0.15, 0.2) is 5.82 Å². The summed E-state index contributed by atoms with van der Waals surface area (Å²) in [4.78, 5) is 8.81. The van der Waals surface area contributed by atoms with Crippen LogP contribution >= 0.6 is 0 Å². The largest absolute Gasteiger partial charge is 0.573 e. The molecule has 0 radical (unpaired) electrons. The summed E-state index contributed by atoms with van der Waals surface area (Å²) in [6.45, 7) is 0. The predicted molar refractivity (Wildman–Crippen MR) is 136 cm³/mol. The fourth-order valence-corrected chi connectivity index (χ4v) is 3.67. The fourth-order valence-electron chi connectivity index (χ4n) is 3.67. The molecule has 1 aromatic heterocycles. The smallest absolute Gasteiger partial charge is 0.406 e. The number of nitrogens with two attached hydrogens (primary N) is 1. The average Bonchev–Trinajstić information content (AvgIpc) is 3.40. The fraction of sp³-hybridized carbons (Fsp3) is 0.0357. The minimum Gasteiger partial charge on any atom is -0.406 e. The van der Waals surface area contributed by atoms with Gasteiger partial charge in [-0.15, -0.1) is 18.3 Å². The monoisotopic (exact) mass is 499 g/mol. The third-order valence-electron chi connectivity index (χ3n) is 5.49. The third-order valence-corrected chi connectivity index (χ3v) is 5.49. The second-order valence-corrected chi connectivity index (χ2v) is 8.04. The molecule has 0 saturated heterocycles. The van der Waals surface area contributed by atoms with Crippen LogP contribution < -0.4 is 10.5 Å². The first-order valence-electron chi connectivity index (χ1n) is 11.2. The Bertz CT molecular complexity index is 1510. The van der Waals surface area contributed by atoms with Crippen LogP contribution in [-0.4, -0.2) is 27.0 Å². The normalized spacial score (nSPS) is 11.9. The Morgan fingerprint density at radius 2 is 1.38 bits per heavy atom. The van der Waals surface area contributed by atoms with E-state index in [0.717, 1.165) is 22.3 Å². The van der Waals surface area contributed by atoms with Crippen LogP contribution in [0.15, 0.2) is 114 Å². The molecule has 9 heteroatoms. The van der Waals surface area contributed by atoms with Crippen LogP contribution in [0.25, 0.3) is 28.2 Å². The quantitative estimate of drug-likeness (QED) is 0.213. The number of rotatable bonds is 6. The highest BCUT2D eigenvalue weighted by atomic mass is 19.4. The van der Waals surface area contributed by atoms with E-state index in [0.29, 0.717) is 23.0 Å². The molecule has 0 unspecified atom stereocenters. The molecule has 5 rings (SSSR count). The summed E-state index contributed by atoms with van der Waals surface area (Å²) >= 11 is 0. The van der Waals surface area contributed by atoms with Gasteiger partial charge in [0.1, 0.15) is 17.9 Å². The molecule has 0 saturated carbocycles. The number of alkyl halides is 3. The van der Waals surface area contributed by atoms with Crippen LogP contribution in [0.4, 0.5) is 18.9 Å². The number of hydrogen-bond donors (Lipinski definition) is 1. The lowest BCUT2D eigenvalue weighted by Crippen LogP contribution is -2.17. The molecule has 5 aromatic rings. The van der Waals surface area contributed by atoms with Gasteiger partial charge in [0.2, 0.25) is 0 Å². The molecule has 0 atom stereocenters. The Hall–Kier alpha value is -4.92. The molecule has 6 nitrogen and oxygen atoms in total. The van der Waals surface area contributed by atoms with Crippen LogP contribution in [0.2, 0.25) is 0 Å². The number of aliphatic imine (C=N–C) groups is 1. The Kier molecular flexibility index (Phi) is 6.42.